The Labute approximate surface area is 139 Å². The van der Waals surface area contributed by atoms with Crippen molar-refractivity contribution in [3.63, 3.8) is 0 Å². The summed E-state index contributed by atoms with van der Waals surface area (Å²) in [5.74, 6) is -3.82. The predicted octanol–water partition coefficient (Wildman–Crippen LogP) is 0.290. The van der Waals surface area contributed by atoms with Crippen molar-refractivity contribution in [3.05, 3.63) is 0 Å². The van der Waals surface area contributed by atoms with Gasteiger partial charge in [-0.15, -0.1) is 0 Å². The second-order valence-corrected chi connectivity index (χ2v) is 5.83. The summed E-state index contributed by atoms with van der Waals surface area (Å²) in [6.45, 7) is 6.82. The number of rotatable bonds is 5. The van der Waals surface area contributed by atoms with Crippen LogP contribution in [0, 0.1) is 5.92 Å². The lowest BCUT2D eigenvalue weighted by Gasteiger charge is -2.44. The van der Waals surface area contributed by atoms with Crippen LogP contribution >= 0.6 is 0 Å². The maximum Gasteiger partial charge on any atom is 0.336 e. The first-order chi connectivity index (χ1) is 11.0. The van der Waals surface area contributed by atoms with Gasteiger partial charge in [-0.3, -0.25) is 14.4 Å². The molecule has 0 radical (unpaired) electrons. The van der Waals surface area contributed by atoms with Gasteiger partial charge in [0, 0.05) is 20.8 Å². The summed E-state index contributed by atoms with van der Waals surface area (Å²) in [7, 11) is 0. The van der Waals surface area contributed by atoms with Crippen molar-refractivity contribution in [1.82, 2.24) is 0 Å². The van der Waals surface area contributed by atoms with E-state index in [0.717, 1.165) is 20.8 Å². The first kappa shape index (κ1) is 19.9. The highest BCUT2D eigenvalue weighted by Crippen LogP contribution is 2.32. The summed E-state index contributed by atoms with van der Waals surface area (Å²) in [5.41, 5.74) is 0. The van der Waals surface area contributed by atoms with E-state index in [1.165, 1.54) is 0 Å². The number of carboxylic acids is 1. The van der Waals surface area contributed by atoms with Crippen molar-refractivity contribution in [3.8, 4) is 0 Å². The molecule has 1 aliphatic heterocycles. The van der Waals surface area contributed by atoms with Gasteiger partial charge in [-0.1, -0.05) is 13.8 Å². The molecule has 0 aromatic heterocycles. The van der Waals surface area contributed by atoms with Gasteiger partial charge in [0.1, 0.15) is 6.10 Å². The van der Waals surface area contributed by atoms with Gasteiger partial charge in [-0.25, -0.2) is 4.79 Å². The van der Waals surface area contributed by atoms with Crippen LogP contribution in [0.1, 0.15) is 34.6 Å². The Bertz CT molecular complexity index is 513. The number of esters is 3. The van der Waals surface area contributed by atoms with Gasteiger partial charge in [0.05, 0.1) is 0 Å². The third-order valence-electron chi connectivity index (χ3n) is 3.38. The van der Waals surface area contributed by atoms with Crippen molar-refractivity contribution in [2.45, 2.75) is 65.1 Å². The molecule has 9 nitrogen and oxygen atoms in total. The largest absolute Gasteiger partial charge is 0.479 e. The Morgan fingerprint density at radius 2 is 1.25 bits per heavy atom. The van der Waals surface area contributed by atoms with E-state index in [2.05, 4.69) is 0 Å². The number of hydrogen-bond acceptors (Lipinski definition) is 8. The number of carbonyl (C=O) groups is 4. The SMILES string of the molecule is CC(=O)OC1C(C(=O)O)OC(C(C)C)C(OC(C)=O)C1OC(C)=O. The smallest absolute Gasteiger partial charge is 0.336 e. The lowest BCUT2D eigenvalue weighted by molar-refractivity contribution is -0.253. The minimum Gasteiger partial charge on any atom is -0.479 e. The lowest BCUT2D eigenvalue weighted by Crippen LogP contribution is -2.64. The molecule has 5 unspecified atom stereocenters. The van der Waals surface area contributed by atoms with E-state index in [4.69, 9.17) is 18.9 Å². The standard InChI is InChI=1S/C15H22O9/c1-6(2)10-11(21-7(3)16)12(22-8(4)17)13(23-9(5)18)14(24-10)15(19)20/h6,10-14H,1-5H3,(H,19,20). The lowest BCUT2D eigenvalue weighted by atomic mass is 9.88. The molecule has 0 amide bonds. The zero-order valence-corrected chi connectivity index (χ0v) is 14.2. The van der Waals surface area contributed by atoms with Gasteiger partial charge in [0.25, 0.3) is 0 Å². The predicted molar refractivity (Wildman–Crippen MR) is 77.8 cm³/mol. The molecule has 0 aliphatic carbocycles. The van der Waals surface area contributed by atoms with Gasteiger partial charge >= 0.3 is 23.9 Å². The summed E-state index contributed by atoms with van der Waals surface area (Å²) >= 11 is 0. The Hall–Kier alpha value is -2.16. The number of carbonyl (C=O) groups excluding carboxylic acids is 3. The Morgan fingerprint density at radius 1 is 0.833 bits per heavy atom. The fraction of sp³-hybridized carbons (Fsp3) is 0.733. The molecular formula is C15H22O9. The normalized spacial score (nSPS) is 29.7. The van der Waals surface area contributed by atoms with Crippen molar-refractivity contribution in [2.75, 3.05) is 0 Å². The molecule has 1 saturated heterocycles. The third kappa shape index (κ3) is 4.92. The number of ether oxygens (including phenoxy) is 4. The highest BCUT2D eigenvalue weighted by atomic mass is 16.7. The Morgan fingerprint density at radius 3 is 1.62 bits per heavy atom. The zero-order chi connectivity index (χ0) is 18.6. The van der Waals surface area contributed by atoms with Crippen LogP contribution in [-0.4, -0.2) is 59.5 Å². The molecule has 24 heavy (non-hydrogen) atoms. The molecule has 1 rings (SSSR count). The highest BCUT2D eigenvalue weighted by Gasteiger charge is 2.54. The highest BCUT2D eigenvalue weighted by molar-refractivity contribution is 5.75. The first-order valence-corrected chi connectivity index (χ1v) is 7.44. The van der Waals surface area contributed by atoms with Crippen molar-refractivity contribution < 1.29 is 43.2 Å². The molecule has 0 aromatic carbocycles. The van der Waals surface area contributed by atoms with Gasteiger partial charge in [0.15, 0.2) is 24.4 Å². The summed E-state index contributed by atoms with van der Waals surface area (Å²) in [4.78, 5) is 45.7. The summed E-state index contributed by atoms with van der Waals surface area (Å²) in [6.07, 6.45) is -6.25. The first-order valence-electron chi connectivity index (χ1n) is 7.44. The minimum atomic E-state index is -1.56. The van der Waals surface area contributed by atoms with E-state index >= 15 is 0 Å². The maximum absolute atomic E-state index is 11.5. The van der Waals surface area contributed by atoms with Crippen molar-refractivity contribution in [2.24, 2.45) is 5.92 Å². The third-order valence-corrected chi connectivity index (χ3v) is 3.38. The molecule has 0 spiro atoms. The van der Waals surface area contributed by atoms with Crippen LogP contribution in [0.5, 0.6) is 0 Å². The summed E-state index contributed by atoms with van der Waals surface area (Å²) in [6, 6.07) is 0. The number of hydrogen-bond donors (Lipinski definition) is 1. The molecule has 0 saturated carbocycles. The molecule has 1 fully saturated rings. The van der Waals surface area contributed by atoms with Crippen LogP contribution in [0.3, 0.4) is 0 Å². The topological polar surface area (TPSA) is 125 Å². The quantitative estimate of drug-likeness (QED) is 0.552. The van der Waals surface area contributed by atoms with Crippen LogP contribution < -0.4 is 0 Å². The van der Waals surface area contributed by atoms with E-state index in [0.29, 0.717) is 0 Å². The summed E-state index contributed by atoms with van der Waals surface area (Å²) < 4.78 is 20.8. The van der Waals surface area contributed by atoms with Gasteiger partial charge in [0.2, 0.25) is 0 Å². The van der Waals surface area contributed by atoms with Crippen LogP contribution in [0.4, 0.5) is 0 Å². The van der Waals surface area contributed by atoms with Crippen molar-refractivity contribution >= 4 is 23.9 Å². The van der Waals surface area contributed by atoms with E-state index in [-0.39, 0.29) is 5.92 Å². The molecule has 1 N–H and O–H groups in total. The molecule has 1 heterocycles. The number of carboxylic acid groups (broad SMARTS) is 1. The number of aliphatic carboxylic acids is 1. The van der Waals surface area contributed by atoms with E-state index in [1.54, 1.807) is 13.8 Å². The summed E-state index contributed by atoms with van der Waals surface area (Å²) in [5, 5.41) is 9.38. The molecule has 1 aliphatic rings. The Kier molecular flexibility index (Phi) is 6.70. The van der Waals surface area contributed by atoms with E-state index < -0.39 is 54.4 Å². The Balaban J connectivity index is 3.33. The molecule has 136 valence electrons. The molecule has 5 atom stereocenters. The fourth-order valence-corrected chi connectivity index (χ4v) is 2.58. The maximum atomic E-state index is 11.5. The molecular weight excluding hydrogens is 324 g/mol. The molecule has 0 aromatic rings. The van der Waals surface area contributed by atoms with Crippen LogP contribution in [0.25, 0.3) is 0 Å². The minimum absolute atomic E-state index is 0.257. The van der Waals surface area contributed by atoms with Gasteiger partial charge in [-0.2, -0.15) is 0 Å². The monoisotopic (exact) mass is 346 g/mol. The van der Waals surface area contributed by atoms with Gasteiger partial charge < -0.3 is 24.1 Å². The zero-order valence-electron chi connectivity index (χ0n) is 14.2. The second-order valence-electron chi connectivity index (χ2n) is 5.83. The fourth-order valence-electron chi connectivity index (χ4n) is 2.58. The molecule has 0 bridgehead atoms. The second kappa shape index (κ2) is 8.09. The van der Waals surface area contributed by atoms with Crippen LogP contribution in [0.2, 0.25) is 0 Å². The van der Waals surface area contributed by atoms with Crippen molar-refractivity contribution in [1.29, 1.82) is 0 Å². The van der Waals surface area contributed by atoms with E-state index in [9.17, 15) is 24.3 Å². The average molecular weight is 346 g/mol. The average Bonchev–Trinajstić information content (AvgIpc) is 2.40. The van der Waals surface area contributed by atoms with E-state index in [1.807, 2.05) is 0 Å². The molecule has 9 heteroatoms. The van der Waals surface area contributed by atoms with Crippen LogP contribution in [0.15, 0.2) is 0 Å². The van der Waals surface area contributed by atoms with Crippen LogP contribution in [-0.2, 0) is 38.1 Å². The van der Waals surface area contributed by atoms with Gasteiger partial charge in [-0.05, 0) is 5.92 Å².